The minimum absolute atomic E-state index is 0.0208. The Balaban J connectivity index is 2.42. The summed E-state index contributed by atoms with van der Waals surface area (Å²) in [6.07, 6.45) is 2.77. The average molecular weight is 305 g/mol. The summed E-state index contributed by atoms with van der Waals surface area (Å²) in [4.78, 5) is 13.9. The average Bonchev–Trinajstić information content (AvgIpc) is 2.25. The highest BCUT2D eigenvalue weighted by molar-refractivity contribution is 7.88. The minimum Gasteiger partial charge on any atom is -0.350 e. The number of likely N-dealkylation sites (tertiary alicyclic amines) is 1. The maximum absolute atomic E-state index is 11.8. The van der Waals surface area contributed by atoms with Crippen molar-refractivity contribution in [1.29, 1.82) is 0 Å². The molecule has 0 aromatic carbocycles. The molecule has 0 aliphatic carbocycles. The highest BCUT2D eigenvalue weighted by Gasteiger charge is 2.28. The van der Waals surface area contributed by atoms with Crippen LogP contribution in [-0.4, -0.2) is 68.0 Å². The van der Waals surface area contributed by atoms with Gasteiger partial charge >= 0.3 is 0 Å². The molecule has 1 amide bonds. The lowest BCUT2D eigenvalue weighted by Crippen LogP contribution is -2.50. The molecule has 1 fully saturated rings. The molecule has 7 heteroatoms. The van der Waals surface area contributed by atoms with Gasteiger partial charge in [0.25, 0.3) is 0 Å². The van der Waals surface area contributed by atoms with Gasteiger partial charge in [-0.1, -0.05) is 0 Å². The van der Waals surface area contributed by atoms with Crippen LogP contribution in [0.5, 0.6) is 0 Å². The zero-order valence-corrected chi connectivity index (χ0v) is 14.0. The van der Waals surface area contributed by atoms with Crippen molar-refractivity contribution >= 4 is 15.9 Å². The smallest absolute Gasteiger partial charge is 0.234 e. The first-order valence-corrected chi connectivity index (χ1v) is 8.80. The lowest BCUT2D eigenvalue weighted by Gasteiger charge is -2.35. The Morgan fingerprint density at radius 2 is 1.80 bits per heavy atom. The van der Waals surface area contributed by atoms with E-state index in [4.69, 9.17) is 0 Å². The number of sulfonamides is 1. The van der Waals surface area contributed by atoms with Gasteiger partial charge in [0, 0.05) is 31.7 Å². The van der Waals surface area contributed by atoms with E-state index in [0.717, 1.165) is 25.9 Å². The first kappa shape index (κ1) is 17.4. The van der Waals surface area contributed by atoms with E-state index in [0.29, 0.717) is 6.54 Å². The number of carbonyl (C=O) groups excluding carboxylic acids is 1. The Morgan fingerprint density at radius 1 is 1.30 bits per heavy atom. The van der Waals surface area contributed by atoms with Crippen LogP contribution in [0.15, 0.2) is 0 Å². The zero-order valence-electron chi connectivity index (χ0n) is 13.1. The van der Waals surface area contributed by atoms with Crippen molar-refractivity contribution in [2.24, 2.45) is 0 Å². The van der Waals surface area contributed by atoms with Gasteiger partial charge in [-0.3, -0.25) is 9.69 Å². The Morgan fingerprint density at radius 3 is 2.20 bits per heavy atom. The molecular formula is C13H27N3O3S. The van der Waals surface area contributed by atoms with Crippen LogP contribution >= 0.6 is 0 Å². The molecule has 1 aliphatic heterocycles. The van der Waals surface area contributed by atoms with Crippen molar-refractivity contribution in [3.05, 3.63) is 0 Å². The van der Waals surface area contributed by atoms with Gasteiger partial charge in [-0.2, -0.15) is 0 Å². The number of hydrogen-bond acceptors (Lipinski definition) is 4. The Kier molecular flexibility index (Phi) is 5.57. The second kappa shape index (κ2) is 6.41. The molecule has 0 radical (unpaired) electrons. The predicted octanol–water partition coefficient (Wildman–Crippen LogP) is 0.257. The molecule has 118 valence electrons. The van der Waals surface area contributed by atoms with Gasteiger partial charge in [0.2, 0.25) is 15.9 Å². The predicted molar refractivity (Wildman–Crippen MR) is 80.0 cm³/mol. The fraction of sp³-hybridized carbons (Fsp3) is 0.923. The molecule has 1 saturated heterocycles. The molecule has 0 unspecified atom stereocenters. The second-order valence-corrected chi connectivity index (χ2v) is 8.63. The van der Waals surface area contributed by atoms with Crippen LogP contribution in [0.25, 0.3) is 0 Å². The molecule has 20 heavy (non-hydrogen) atoms. The molecule has 0 aromatic heterocycles. The fourth-order valence-electron chi connectivity index (χ4n) is 2.37. The molecule has 1 aliphatic rings. The third kappa shape index (κ3) is 5.76. The first-order valence-electron chi connectivity index (χ1n) is 6.95. The second-order valence-electron chi connectivity index (χ2n) is 6.58. The van der Waals surface area contributed by atoms with Gasteiger partial charge in [-0.25, -0.2) is 12.7 Å². The Bertz CT molecular complexity index is 434. The molecular weight excluding hydrogens is 278 g/mol. The monoisotopic (exact) mass is 305 g/mol. The largest absolute Gasteiger partial charge is 0.350 e. The maximum Gasteiger partial charge on any atom is 0.234 e. The highest BCUT2D eigenvalue weighted by atomic mass is 32.2. The van der Waals surface area contributed by atoms with Crippen LogP contribution < -0.4 is 5.32 Å². The summed E-state index contributed by atoms with van der Waals surface area (Å²) in [5, 5.41) is 2.94. The molecule has 0 aromatic rings. The van der Waals surface area contributed by atoms with Crippen molar-refractivity contribution in [3.8, 4) is 0 Å². The van der Waals surface area contributed by atoms with E-state index in [1.165, 1.54) is 10.6 Å². The number of nitrogens with zero attached hydrogens (tertiary/aromatic N) is 2. The first-order chi connectivity index (χ1) is 8.99. The minimum atomic E-state index is -3.13. The third-order valence-electron chi connectivity index (χ3n) is 3.48. The molecule has 1 N–H and O–H groups in total. The molecule has 1 rings (SSSR count). The molecule has 0 bridgehead atoms. The van der Waals surface area contributed by atoms with Gasteiger partial charge in [0.05, 0.1) is 12.8 Å². The summed E-state index contributed by atoms with van der Waals surface area (Å²) in [5.41, 5.74) is -0.216. The summed E-state index contributed by atoms with van der Waals surface area (Å²) in [5.74, 6) is 0.0208. The van der Waals surface area contributed by atoms with Gasteiger partial charge in [0.15, 0.2) is 0 Å². The molecule has 0 saturated carbocycles. The van der Waals surface area contributed by atoms with Crippen LogP contribution in [-0.2, 0) is 14.8 Å². The molecule has 0 spiro atoms. The van der Waals surface area contributed by atoms with E-state index in [-0.39, 0.29) is 17.5 Å². The summed E-state index contributed by atoms with van der Waals surface area (Å²) < 4.78 is 24.4. The van der Waals surface area contributed by atoms with Gasteiger partial charge < -0.3 is 5.32 Å². The van der Waals surface area contributed by atoms with E-state index in [1.54, 1.807) is 7.05 Å². The summed E-state index contributed by atoms with van der Waals surface area (Å²) in [6.45, 7) is 7.76. The summed E-state index contributed by atoms with van der Waals surface area (Å²) in [6, 6.07) is 0.0481. The van der Waals surface area contributed by atoms with Crippen LogP contribution in [0.4, 0.5) is 0 Å². The highest BCUT2D eigenvalue weighted by Crippen LogP contribution is 2.17. The van der Waals surface area contributed by atoms with Crippen LogP contribution in [0.1, 0.15) is 33.6 Å². The number of carbonyl (C=O) groups is 1. The van der Waals surface area contributed by atoms with Crippen LogP contribution in [0.3, 0.4) is 0 Å². The van der Waals surface area contributed by atoms with Crippen molar-refractivity contribution in [3.63, 3.8) is 0 Å². The molecule has 0 atom stereocenters. The van der Waals surface area contributed by atoms with Gasteiger partial charge in [-0.05, 0) is 33.6 Å². The van der Waals surface area contributed by atoms with Crippen molar-refractivity contribution in [2.45, 2.75) is 45.2 Å². The number of hydrogen-bond donors (Lipinski definition) is 1. The summed E-state index contributed by atoms with van der Waals surface area (Å²) in [7, 11) is -1.50. The van der Waals surface area contributed by atoms with E-state index >= 15 is 0 Å². The van der Waals surface area contributed by atoms with Crippen LogP contribution in [0, 0.1) is 0 Å². The molecule has 6 nitrogen and oxygen atoms in total. The lowest BCUT2D eigenvalue weighted by molar-refractivity contribution is -0.124. The lowest BCUT2D eigenvalue weighted by atomic mass is 10.1. The van der Waals surface area contributed by atoms with Crippen molar-refractivity contribution in [1.82, 2.24) is 14.5 Å². The van der Waals surface area contributed by atoms with E-state index in [2.05, 4.69) is 10.2 Å². The summed E-state index contributed by atoms with van der Waals surface area (Å²) >= 11 is 0. The number of piperidine rings is 1. The number of amides is 1. The maximum atomic E-state index is 11.8. The Hall–Kier alpha value is -0.660. The van der Waals surface area contributed by atoms with E-state index in [1.807, 2.05) is 20.8 Å². The standard InChI is InChI=1S/C13H27N3O3S/c1-13(2,3)14-12(17)10-16-8-6-11(7-9-16)15(4)20(5,18)19/h11H,6-10H2,1-5H3,(H,14,17). The fourth-order valence-corrected chi connectivity index (χ4v) is 3.13. The van der Waals surface area contributed by atoms with Crippen molar-refractivity contribution < 1.29 is 13.2 Å². The van der Waals surface area contributed by atoms with Gasteiger partial charge in [-0.15, -0.1) is 0 Å². The number of nitrogens with one attached hydrogen (secondary N) is 1. The van der Waals surface area contributed by atoms with E-state index in [9.17, 15) is 13.2 Å². The zero-order chi connectivity index (χ0) is 15.6. The normalized spacial score (nSPS) is 19.3. The van der Waals surface area contributed by atoms with Crippen molar-refractivity contribution in [2.75, 3.05) is 32.9 Å². The third-order valence-corrected chi connectivity index (χ3v) is 4.82. The molecule has 1 heterocycles. The van der Waals surface area contributed by atoms with E-state index < -0.39 is 10.0 Å². The quantitative estimate of drug-likeness (QED) is 0.809. The van der Waals surface area contributed by atoms with Crippen LogP contribution in [0.2, 0.25) is 0 Å². The Labute approximate surface area is 122 Å². The van der Waals surface area contributed by atoms with Gasteiger partial charge in [0.1, 0.15) is 0 Å². The number of rotatable bonds is 4. The topological polar surface area (TPSA) is 69.7 Å². The SMILES string of the molecule is CN(C1CCN(CC(=O)NC(C)(C)C)CC1)S(C)(=O)=O.